The summed E-state index contributed by atoms with van der Waals surface area (Å²) in [5.41, 5.74) is 1.01. The van der Waals surface area contributed by atoms with Crippen molar-refractivity contribution in [2.45, 2.75) is 32.3 Å². The molecule has 2 aromatic carbocycles. The molecule has 3 rings (SSSR count). The maximum atomic E-state index is 12.8. The summed E-state index contributed by atoms with van der Waals surface area (Å²) < 4.78 is 11.2. The smallest absolute Gasteiger partial charge is 0.265 e. The first-order valence-electron chi connectivity index (χ1n) is 9.63. The van der Waals surface area contributed by atoms with Gasteiger partial charge in [0.2, 0.25) is 0 Å². The molecule has 0 aromatic heterocycles. The molecule has 0 unspecified atom stereocenters. The zero-order chi connectivity index (χ0) is 19.9. The van der Waals surface area contributed by atoms with E-state index in [4.69, 9.17) is 9.47 Å². The number of ether oxygens (including phenoxy) is 2. The fourth-order valence-electron chi connectivity index (χ4n) is 3.27. The van der Waals surface area contributed by atoms with E-state index >= 15 is 0 Å². The van der Waals surface area contributed by atoms with Crippen LogP contribution in [-0.2, 0) is 4.79 Å². The molecule has 1 atom stereocenters. The number of rotatable bonds is 7. The lowest BCUT2D eigenvalue weighted by atomic mass is 10.1. The Labute approximate surface area is 165 Å². The molecule has 1 aliphatic heterocycles. The average molecular weight is 382 g/mol. The fraction of sp³-hybridized carbons (Fsp3) is 0.364. The molecule has 2 aromatic rings. The molecule has 1 heterocycles. The summed E-state index contributed by atoms with van der Waals surface area (Å²) in [5, 5.41) is 2.87. The standard InChI is InChI=1S/C22H26N2O4/c1-3-18(28-20-13-7-6-12-19(20)27-2)21(25)23-17-11-5-4-10-16(17)22(26)24-14-8-9-15-24/h4-7,10-13,18H,3,8-9,14-15H2,1-2H3,(H,23,25)/t18-/m0/s1. The third kappa shape index (κ3) is 4.44. The minimum Gasteiger partial charge on any atom is -0.493 e. The van der Waals surface area contributed by atoms with Crippen LogP contribution in [0.15, 0.2) is 48.5 Å². The first kappa shape index (κ1) is 19.7. The summed E-state index contributed by atoms with van der Waals surface area (Å²) in [4.78, 5) is 27.5. The van der Waals surface area contributed by atoms with Gasteiger partial charge in [-0.25, -0.2) is 0 Å². The molecule has 0 aliphatic carbocycles. The molecule has 6 nitrogen and oxygen atoms in total. The molecule has 1 fully saturated rings. The van der Waals surface area contributed by atoms with Crippen molar-refractivity contribution in [2.24, 2.45) is 0 Å². The predicted molar refractivity (Wildman–Crippen MR) is 108 cm³/mol. The van der Waals surface area contributed by atoms with Crippen molar-refractivity contribution in [1.29, 1.82) is 0 Å². The van der Waals surface area contributed by atoms with E-state index in [-0.39, 0.29) is 11.8 Å². The van der Waals surface area contributed by atoms with Gasteiger partial charge in [-0.15, -0.1) is 0 Å². The lowest BCUT2D eigenvalue weighted by Crippen LogP contribution is -2.34. The Morgan fingerprint density at radius 1 is 1.04 bits per heavy atom. The number of para-hydroxylation sites is 3. The second-order valence-corrected chi connectivity index (χ2v) is 6.70. The molecule has 148 valence electrons. The lowest BCUT2D eigenvalue weighted by Gasteiger charge is -2.21. The van der Waals surface area contributed by atoms with E-state index in [1.165, 1.54) is 0 Å². The zero-order valence-corrected chi connectivity index (χ0v) is 16.3. The highest BCUT2D eigenvalue weighted by molar-refractivity contribution is 6.04. The van der Waals surface area contributed by atoms with Crippen molar-refractivity contribution in [1.82, 2.24) is 4.90 Å². The van der Waals surface area contributed by atoms with E-state index in [0.29, 0.717) is 29.2 Å². The normalized spacial score (nSPS) is 14.4. The number of anilines is 1. The van der Waals surface area contributed by atoms with Crippen molar-refractivity contribution < 1.29 is 19.1 Å². The Morgan fingerprint density at radius 2 is 1.68 bits per heavy atom. The van der Waals surface area contributed by atoms with Gasteiger partial charge in [-0.1, -0.05) is 31.2 Å². The Morgan fingerprint density at radius 3 is 2.36 bits per heavy atom. The lowest BCUT2D eigenvalue weighted by molar-refractivity contribution is -0.122. The molecule has 1 saturated heterocycles. The molecule has 0 radical (unpaired) electrons. The summed E-state index contributed by atoms with van der Waals surface area (Å²) in [7, 11) is 1.56. The van der Waals surface area contributed by atoms with Crippen molar-refractivity contribution >= 4 is 17.5 Å². The zero-order valence-electron chi connectivity index (χ0n) is 16.3. The molecule has 0 saturated carbocycles. The van der Waals surface area contributed by atoms with Crippen molar-refractivity contribution in [3.63, 3.8) is 0 Å². The Hall–Kier alpha value is -3.02. The Balaban J connectivity index is 1.75. The largest absolute Gasteiger partial charge is 0.493 e. The number of carbonyl (C=O) groups excluding carboxylic acids is 2. The van der Waals surface area contributed by atoms with E-state index in [9.17, 15) is 9.59 Å². The highest BCUT2D eigenvalue weighted by Crippen LogP contribution is 2.28. The summed E-state index contributed by atoms with van der Waals surface area (Å²) in [6, 6.07) is 14.3. The first-order chi connectivity index (χ1) is 13.6. The number of amides is 2. The second-order valence-electron chi connectivity index (χ2n) is 6.70. The van der Waals surface area contributed by atoms with E-state index in [2.05, 4.69) is 5.32 Å². The van der Waals surface area contributed by atoms with Gasteiger partial charge in [0.1, 0.15) is 0 Å². The van der Waals surface area contributed by atoms with Crippen LogP contribution in [0.3, 0.4) is 0 Å². The average Bonchev–Trinajstić information content (AvgIpc) is 3.27. The van der Waals surface area contributed by atoms with Crippen LogP contribution in [-0.4, -0.2) is 43.0 Å². The summed E-state index contributed by atoms with van der Waals surface area (Å²) in [6.45, 7) is 3.40. The maximum absolute atomic E-state index is 12.8. The minimum atomic E-state index is -0.703. The number of benzene rings is 2. The van der Waals surface area contributed by atoms with Crippen LogP contribution in [0, 0.1) is 0 Å². The third-order valence-corrected chi connectivity index (χ3v) is 4.81. The topological polar surface area (TPSA) is 67.9 Å². The van der Waals surface area contributed by atoms with E-state index in [1.54, 1.807) is 37.4 Å². The second kappa shape index (κ2) is 9.26. The summed E-state index contributed by atoms with van der Waals surface area (Å²) in [6.07, 6.45) is 1.81. The number of carbonyl (C=O) groups is 2. The SMILES string of the molecule is CC[C@H](Oc1ccccc1OC)C(=O)Nc1ccccc1C(=O)N1CCCC1. The van der Waals surface area contributed by atoms with E-state index in [1.807, 2.05) is 30.0 Å². The van der Waals surface area contributed by atoms with Crippen LogP contribution < -0.4 is 14.8 Å². The maximum Gasteiger partial charge on any atom is 0.265 e. The number of hydrogen-bond acceptors (Lipinski definition) is 4. The molecule has 0 spiro atoms. The summed E-state index contributed by atoms with van der Waals surface area (Å²) in [5.74, 6) is 0.731. The number of methoxy groups -OCH3 is 1. The van der Waals surface area contributed by atoms with E-state index in [0.717, 1.165) is 25.9 Å². The highest BCUT2D eigenvalue weighted by Gasteiger charge is 2.25. The molecule has 2 amide bonds. The molecular weight excluding hydrogens is 356 g/mol. The summed E-state index contributed by atoms with van der Waals surface area (Å²) >= 11 is 0. The van der Waals surface area contributed by atoms with Gasteiger partial charge in [-0.2, -0.15) is 0 Å². The van der Waals surface area contributed by atoms with Crippen molar-refractivity contribution in [2.75, 3.05) is 25.5 Å². The van der Waals surface area contributed by atoms with Gasteiger partial charge in [0.15, 0.2) is 17.6 Å². The van der Waals surface area contributed by atoms with Gasteiger partial charge in [0, 0.05) is 13.1 Å². The monoisotopic (exact) mass is 382 g/mol. The Kier molecular flexibility index (Phi) is 6.53. The van der Waals surface area contributed by atoms with Crippen LogP contribution in [0.2, 0.25) is 0 Å². The van der Waals surface area contributed by atoms with Gasteiger partial charge in [-0.3, -0.25) is 9.59 Å². The van der Waals surface area contributed by atoms with Gasteiger partial charge in [0.05, 0.1) is 18.4 Å². The van der Waals surface area contributed by atoms with Crippen LogP contribution in [0.1, 0.15) is 36.5 Å². The van der Waals surface area contributed by atoms with Crippen molar-refractivity contribution in [3.8, 4) is 11.5 Å². The van der Waals surface area contributed by atoms with Crippen LogP contribution >= 0.6 is 0 Å². The first-order valence-corrected chi connectivity index (χ1v) is 9.63. The number of nitrogens with one attached hydrogen (secondary N) is 1. The molecule has 0 bridgehead atoms. The number of nitrogens with zero attached hydrogens (tertiary/aromatic N) is 1. The molecule has 1 aliphatic rings. The predicted octanol–water partition coefficient (Wildman–Crippen LogP) is 3.73. The number of hydrogen-bond donors (Lipinski definition) is 1. The van der Waals surface area contributed by atoms with Crippen LogP contribution in [0.5, 0.6) is 11.5 Å². The van der Waals surface area contributed by atoms with Gasteiger partial charge >= 0.3 is 0 Å². The Bertz CT molecular complexity index is 831. The van der Waals surface area contributed by atoms with E-state index < -0.39 is 6.10 Å². The fourth-order valence-corrected chi connectivity index (χ4v) is 3.27. The van der Waals surface area contributed by atoms with Crippen molar-refractivity contribution in [3.05, 3.63) is 54.1 Å². The van der Waals surface area contributed by atoms with Crippen LogP contribution in [0.4, 0.5) is 5.69 Å². The van der Waals surface area contributed by atoms with Crippen LogP contribution in [0.25, 0.3) is 0 Å². The molecular formula is C22H26N2O4. The quantitative estimate of drug-likeness (QED) is 0.792. The number of likely N-dealkylation sites (tertiary alicyclic amines) is 1. The molecule has 1 N–H and O–H groups in total. The minimum absolute atomic E-state index is 0.0490. The molecule has 6 heteroatoms. The molecule has 28 heavy (non-hydrogen) atoms. The van der Waals surface area contributed by atoms with Gasteiger partial charge < -0.3 is 19.7 Å². The highest BCUT2D eigenvalue weighted by atomic mass is 16.5. The van der Waals surface area contributed by atoms with Gasteiger partial charge in [-0.05, 0) is 43.5 Å². The van der Waals surface area contributed by atoms with Gasteiger partial charge in [0.25, 0.3) is 11.8 Å². The third-order valence-electron chi connectivity index (χ3n) is 4.81.